The molecule has 1 atom stereocenters. The Balaban J connectivity index is 1.41. The number of carbonyl (C=O) groups excluding carboxylic acids is 1. The second kappa shape index (κ2) is 11.8. The zero-order valence-corrected chi connectivity index (χ0v) is 28.1. The van der Waals surface area contributed by atoms with Crippen LogP contribution < -0.4 is 14.4 Å². The third-order valence-corrected chi connectivity index (χ3v) is 10.5. The van der Waals surface area contributed by atoms with Crippen molar-refractivity contribution in [3.8, 4) is 11.5 Å². The Kier molecular flexibility index (Phi) is 7.41. The Morgan fingerprint density at radius 2 is 1.12 bits per heavy atom. The molecule has 242 valence electrons. The summed E-state index contributed by atoms with van der Waals surface area (Å²) in [6, 6.07) is 55.4. The minimum absolute atomic E-state index is 0.0622. The number of carbonyl (C=O) groups is 1. The van der Waals surface area contributed by atoms with Gasteiger partial charge in [0.05, 0.1) is 5.41 Å². The van der Waals surface area contributed by atoms with Gasteiger partial charge in [-0.2, -0.15) is 0 Å². The van der Waals surface area contributed by atoms with E-state index in [2.05, 4.69) is 160 Å². The minimum atomic E-state index is -0.616. The van der Waals surface area contributed by atoms with Crippen molar-refractivity contribution in [3.63, 3.8) is 0 Å². The lowest BCUT2D eigenvalue weighted by atomic mass is 9.61. The van der Waals surface area contributed by atoms with E-state index in [1.807, 2.05) is 23.1 Å². The maximum absolute atomic E-state index is 14.7. The molecule has 0 saturated heterocycles. The average molecular weight is 642 g/mol. The van der Waals surface area contributed by atoms with Gasteiger partial charge in [0.1, 0.15) is 0 Å². The minimum Gasteiger partial charge on any atom is -0.454 e. The molecule has 0 aromatic heterocycles. The van der Waals surface area contributed by atoms with E-state index in [0.717, 1.165) is 23.2 Å². The second-order valence-electron chi connectivity index (χ2n) is 14.0. The van der Waals surface area contributed by atoms with Crippen LogP contribution in [0.2, 0.25) is 0 Å². The Morgan fingerprint density at radius 3 is 1.69 bits per heavy atom. The van der Waals surface area contributed by atoms with Gasteiger partial charge in [-0.15, -0.1) is 0 Å². The molecular formula is C45H39NO3. The van der Waals surface area contributed by atoms with E-state index in [1.165, 1.54) is 22.3 Å². The van der Waals surface area contributed by atoms with E-state index in [1.54, 1.807) is 0 Å². The lowest BCUT2D eigenvalue weighted by Crippen LogP contribution is -2.56. The Bertz CT molecular complexity index is 2030. The lowest BCUT2D eigenvalue weighted by Gasteiger charge is -2.52. The molecular weight excluding hydrogens is 602 g/mol. The largest absolute Gasteiger partial charge is 0.454 e. The molecule has 6 aromatic rings. The van der Waals surface area contributed by atoms with Gasteiger partial charge in [-0.3, -0.25) is 4.79 Å². The molecule has 4 heteroatoms. The lowest BCUT2D eigenvalue weighted by molar-refractivity contribution is 0.0948. The molecule has 0 fully saturated rings. The maximum Gasteiger partial charge on any atom is 0.258 e. The monoisotopic (exact) mass is 641 g/mol. The van der Waals surface area contributed by atoms with Gasteiger partial charge >= 0.3 is 0 Å². The molecule has 8 rings (SSSR count). The number of amides is 1. The van der Waals surface area contributed by atoms with Crippen molar-refractivity contribution < 1.29 is 14.3 Å². The van der Waals surface area contributed by atoms with Crippen LogP contribution >= 0.6 is 0 Å². The van der Waals surface area contributed by atoms with Crippen LogP contribution in [0.4, 0.5) is 5.69 Å². The van der Waals surface area contributed by atoms with Gasteiger partial charge in [0.25, 0.3) is 5.91 Å². The van der Waals surface area contributed by atoms with Crippen molar-refractivity contribution in [2.45, 2.75) is 43.6 Å². The Labute approximate surface area is 288 Å². The van der Waals surface area contributed by atoms with Crippen molar-refractivity contribution in [1.29, 1.82) is 0 Å². The van der Waals surface area contributed by atoms with E-state index in [4.69, 9.17) is 9.47 Å². The molecule has 0 saturated carbocycles. The molecule has 2 heterocycles. The zero-order valence-electron chi connectivity index (χ0n) is 28.1. The summed E-state index contributed by atoms with van der Waals surface area (Å²) in [6.45, 7) is 6.86. The number of anilines is 1. The van der Waals surface area contributed by atoms with E-state index < -0.39 is 16.4 Å². The van der Waals surface area contributed by atoms with Crippen LogP contribution in [-0.4, -0.2) is 18.2 Å². The highest BCUT2D eigenvalue weighted by molar-refractivity contribution is 6.08. The van der Waals surface area contributed by atoms with E-state index in [-0.39, 0.29) is 12.7 Å². The van der Waals surface area contributed by atoms with Crippen molar-refractivity contribution >= 4 is 11.6 Å². The normalized spacial score (nSPS) is 17.7. The molecule has 0 bridgehead atoms. The van der Waals surface area contributed by atoms with Gasteiger partial charge in [0.2, 0.25) is 6.79 Å². The zero-order chi connectivity index (χ0) is 33.6. The number of ether oxygens (including phenoxy) is 2. The van der Waals surface area contributed by atoms with Gasteiger partial charge in [0, 0.05) is 22.2 Å². The first kappa shape index (κ1) is 30.7. The summed E-state index contributed by atoms with van der Waals surface area (Å²) < 4.78 is 11.2. The number of hydrogen-bond acceptors (Lipinski definition) is 3. The summed E-state index contributed by atoms with van der Waals surface area (Å²) in [5, 5.41) is 0. The third-order valence-electron chi connectivity index (χ3n) is 10.5. The SMILES string of the molecule is CC1(c2ccccc2)CC(C)(C)N(C(=O)c2ccc3c(c2)OCO3)c2ccc(C(c3ccccc3)(c3ccccc3)c3ccccc3)cc21. The van der Waals surface area contributed by atoms with Crippen molar-refractivity contribution in [1.82, 2.24) is 0 Å². The number of rotatable bonds is 6. The standard InChI is InChI=1S/C45H39NO3/c1-43(2)30-44(3,33-16-8-4-9-17-33)38-29-37(25-26-39(38)46(43)42(47)32-24-27-40-41(28-32)49-31-48-40)45(34-18-10-5-11-19-34,35-20-12-6-13-21-35)36-22-14-7-15-23-36/h4-29H,30-31H2,1-3H3. The molecule has 0 N–H and O–H groups in total. The molecule has 0 spiro atoms. The molecule has 4 nitrogen and oxygen atoms in total. The highest BCUT2D eigenvalue weighted by Crippen LogP contribution is 2.54. The fourth-order valence-electron chi connectivity index (χ4n) is 8.44. The maximum atomic E-state index is 14.7. The van der Waals surface area contributed by atoms with E-state index >= 15 is 0 Å². The van der Waals surface area contributed by atoms with Gasteiger partial charge in [-0.25, -0.2) is 0 Å². The summed E-state index contributed by atoms with van der Waals surface area (Å²) in [5.41, 5.74) is 7.00. The van der Waals surface area contributed by atoms with Crippen molar-refractivity contribution in [3.05, 3.63) is 197 Å². The summed E-state index contributed by atoms with van der Waals surface area (Å²) in [5.74, 6) is 1.20. The second-order valence-corrected chi connectivity index (χ2v) is 14.0. The van der Waals surface area contributed by atoms with Gasteiger partial charge in [-0.05, 0) is 77.9 Å². The first-order chi connectivity index (χ1) is 23.8. The molecule has 2 aliphatic rings. The summed E-state index contributed by atoms with van der Waals surface area (Å²) >= 11 is 0. The Hall–Kier alpha value is -5.61. The van der Waals surface area contributed by atoms with Crippen LogP contribution in [0.1, 0.15) is 70.9 Å². The Morgan fingerprint density at radius 1 is 0.592 bits per heavy atom. The van der Waals surface area contributed by atoms with E-state index in [0.29, 0.717) is 17.1 Å². The highest BCUT2D eigenvalue weighted by atomic mass is 16.7. The molecule has 0 aliphatic carbocycles. The molecule has 6 aromatic carbocycles. The van der Waals surface area contributed by atoms with Crippen molar-refractivity contribution in [2.75, 3.05) is 11.7 Å². The number of benzene rings is 6. The third kappa shape index (κ3) is 4.93. The molecule has 1 unspecified atom stereocenters. The quantitative estimate of drug-likeness (QED) is 0.170. The van der Waals surface area contributed by atoms with Gasteiger partial charge in [0.15, 0.2) is 11.5 Å². The predicted octanol–water partition coefficient (Wildman–Crippen LogP) is 9.93. The first-order valence-corrected chi connectivity index (χ1v) is 16.9. The van der Waals surface area contributed by atoms with E-state index in [9.17, 15) is 4.79 Å². The average Bonchev–Trinajstić information content (AvgIpc) is 3.62. The molecule has 2 aliphatic heterocycles. The van der Waals surface area contributed by atoms with Crippen molar-refractivity contribution in [2.24, 2.45) is 0 Å². The first-order valence-electron chi connectivity index (χ1n) is 16.9. The summed E-state index contributed by atoms with van der Waals surface area (Å²) in [4.78, 5) is 16.7. The molecule has 1 amide bonds. The number of hydrogen-bond donors (Lipinski definition) is 0. The fraction of sp³-hybridized carbons (Fsp3) is 0.178. The fourth-order valence-corrected chi connectivity index (χ4v) is 8.44. The smallest absolute Gasteiger partial charge is 0.258 e. The van der Waals surface area contributed by atoms with Crippen LogP contribution in [0.3, 0.4) is 0 Å². The van der Waals surface area contributed by atoms with Gasteiger partial charge < -0.3 is 14.4 Å². The van der Waals surface area contributed by atoms with Crippen LogP contribution in [0.5, 0.6) is 11.5 Å². The van der Waals surface area contributed by atoms with Crippen LogP contribution in [0, 0.1) is 0 Å². The highest BCUT2D eigenvalue weighted by Gasteiger charge is 2.49. The summed E-state index contributed by atoms with van der Waals surface area (Å²) in [7, 11) is 0. The summed E-state index contributed by atoms with van der Waals surface area (Å²) in [6.07, 6.45) is 0.728. The topological polar surface area (TPSA) is 38.8 Å². The number of nitrogens with zero attached hydrogens (tertiary/aromatic N) is 1. The van der Waals surface area contributed by atoms with Crippen LogP contribution in [0.25, 0.3) is 0 Å². The van der Waals surface area contributed by atoms with Gasteiger partial charge in [-0.1, -0.05) is 140 Å². The molecule has 49 heavy (non-hydrogen) atoms. The molecule has 0 radical (unpaired) electrons. The van der Waals surface area contributed by atoms with Crippen LogP contribution in [0.15, 0.2) is 158 Å². The number of fused-ring (bicyclic) bond motifs is 2. The van der Waals surface area contributed by atoms with Crippen LogP contribution in [-0.2, 0) is 10.8 Å². The predicted molar refractivity (Wildman–Crippen MR) is 196 cm³/mol.